The SMILES string of the molecule is Cn1cc(C(=O)N2C[C@H]3CC[C@@H](C2)N(Cc2ccccc2)C3)c2ccccc21. The number of rotatable bonds is 3. The molecule has 4 nitrogen and oxygen atoms in total. The molecule has 0 aliphatic carbocycles. The Balaban J connectivity index is 1.39. The molecule has 0 radical (unpaired) electrons. The molecule has 4 heteroatoms. The average molecular weight is 374 g/mol. The van der Waals surface area contributed by atoms with Gasteiger partial charge in [-0.05, 0) is 30.4 Å². The van der Waals surface area contributed by atoms with Gasteiger partial charge in [0, 0.05) is 56.4 Å². The summed E-state index contributed by atoms with van der Waals surface area (Å²) < 4.78 is 2.07. The molecule has 4 heterocycles. The Labute approximate surface area is 166 Å². The Morgan fingerprint density at radius 3 is 2.61 bits per heavy atom. The minimum atomic E-state index is 0.190. The topological polar surface area (TPSA) is 28.5 Å². The van der Waals surface area contributed by atoms with Crippen LogP contribution < -0.4 is 0 Å². The van der Waals surface area contributed by atoms with Crippen LogP contribution in [-0.2, 0) is 13.6 Å². The third-order valence-corrected chi connectivity index (χ3v) is 6.47. The summed E-state index contributed by atoms with van der Waals surface area (Å²) in [6.07, 6.45) is 4.42. The van der Waals surface area contributed by atoms with Crippen molar-refractivity contribution >= 4 is 16.8 Å². The fourth-order valence-electron chi connectivity index (χ4n) is 5.04. The summed E-state index contributed by atoms with van der Waals surface area (Å²) in [5.41, 5.74) is 3.32. The first kappa shape index (κ1) is 17.5. The predicted molar refractivity (Wildman–Crippen MR) is 112 cm³/mol. The van der Waals surface area contributed by atoms with Crippen LogP contribution in [0.5, 0.6) is 0 Å². The first-order chi connectivity index (χ1) is 13.7. The van der Waals surface area contributed by atoms with Gasteiger partial charge in [-0.25, -0.2) is 0 Å². The maximum Gasteiger partial charge on any atom is 0.256 e. The van der Waals surface area contributed by atoms with E-state index in [1.165, 1.54) is 18.4 Å². The molecule has 3 aliphatic heterocycles. The number of carbonyl (C=O) groups is 1. The van der Waals surface area contributed by atoms with Gasteiger partial charge in [0.2, 0.25) is 0 Å². The van der Waals surface area contributed by atoms with Crippen molar-refractivity contribution in [3.63, 3.8) is 0 Å². The second-order valence-corrected chi connectivity index (χ2v) is 8.39. The molecular formula is C24H27N3O. The molecule has 6 rings (SSSR count). The minimum absolute atomic E-state index is 0.190. The summed E-state index contributed by atoms with van der Waals surface area (Å²) in [6, 6.07) is 19.4. The molecule has 3 aromatic rings. The summed E-state index contributed by atoms with van der Waals surface area (Å²) >= 11 is 0. The number of aromatic nitrogens is 1. The van der Waals surface area contributed by atoms with Gasteiger partial charge in [0.1, 0.15) is 0 Å². The monoisotopic (exact) mass is 373 g/mol. The van der Waals surface area contributed by atoms with E-state index in [0.717, 1.165) is 42.6 Å². The van der Waals surface area contributed by atoms with Gasteiger partial charge in [-0.2, -0.15) is 0 Å². The Kier molecular flexibility index (Phi) is 4.44. The largest absolute Gasteiger partial charge is 0.350 e. The van der Waals surface area contributed by atoms with Crippen LogP contribution >= 0.6 is 0 Å². The van der Waals surface area contributed by atoms with E-state index in [1.54, 1.807) is 0 Å². The summed E-state index contributed by atoms with van der Waals surface area (Å²) in [5.74, 6) is 0.761. The van der Waals surface area contributed by atoms with Crippen LogP contribution in [0.1, 0.15) is 28.8 Å². The highest BCUT2D eigenvalue weighted by molar-refractivity contribution is 6.07. The van der Waals surface area contributed by atoms with Gasteiger partial charge in [-0.1, -0.05) is 48.5 Å². The molecule has 0 N–H and O–H groups in total. The number of para-hydroxylation sites is 1. The van der Waals surface area contributed by atoms with Crippen molar-refractivity contribution in [2.75, 3.05) is 19.6 Å². The summed E-state index contributed by atoms with van der Waals surface area (Å²) in [4.78, 5) is 18.2. The van der Waals surface area contributed by atoms with Crippen molar-refractivity contribution in [2.24, 2.45) is 13.0 Å². The van der Waals surface area contributed by atoms with Crippen molar-refractivity contribution in [3.8, 4) is 0 Å². The van der Waals surface area contributed by atoms with Crippen molar-refractivity contribution in [1.29, 1.82) is 0 Å². The Hall–Kier alpha value is -2.59. The maximum atomic E-state index is 13.5. The molecule has 1 aromatic heterocycles. The fourth-order valence-corrected chi connectivity index (χ4v) is 5.04. The first-order valence-electron chi connectivity index (χ1n) is 10.3. The van der Waals surface area contributed by atoms with Gasteiger partial charge < -0.3 is 9.47 Å². The van der Waals surface area contributed by atoms with E-state index >= 15 is 0 Å². The molecule has 3 fully saturated rings. The van der Waals surface area contributed by atoms with Crippen molar-refractivity contribution in [1.82, 2.24) is 14.4 Å². The molecule has 28 heavy (non-hydrogen) atoms. The second kappa shape index (κ2) is 7.10. The molecule has 0 spiro atoms. The van der Waals surface area contributed by atoms with Crippen LogP contribution in [0.15, 0.2) is 60.8 Å². The van der Waals surface area contributed by atoms with E-state index in [1.807, 2.05) is 25.4 Å². The first-order valence-corrected chi connectivity index (χ1v) is 10.3. The van der Waals surface area contributed by atoms with Gasteiger partial charge in [0.05, 0.1) is 5.56 Å². The molecule has 3 saturated heterocycles. The van der Waals surface area contributed by atoms with Crippen LogP contribution in [0.2, 0.25) is 0 Å². The fraction of sp³-hybridized carbons (Fsp3) is 0.375. The van der Waals surface area contributed by atoms with E-state index in [4.69, 9.17) is 0 Å². The maximum absolute atomic E-state index is 13.5. The van der Waals surface area contributed by atoms with Crippen LogP contribution in [0.3, 0.4) is 0 Å². The van der Waals surface area contributed by atoms with E-state index in [2.05, 4.69) is 56.8 Å². The van der Waals surface area contributed by atoms with E-state index < -0.39 is 0 Å². The molecule has 3 aliphatic rings. The van der Waals surface area contributed by atoms with Gasteiger partial charge in [-0.15, -0.1) is 0 Å². The Morgan fingerprint density at radius 1 is 0.964 bits per heavy atom. The van der Waals surface area contributed by atoms with Gasteiger partial charge in [0.25, 0.3) is 5.91 Å². The summed E-state index contributed by atoms with van der Waals surface area (Å²) in [5, 5.41) is 1.06. The highest BCUT2D eigenvalue weighted by Gasteiger charge is 2.37. The third kappa shape index (κ3) is 3.12. The molecule has 0 saturated carbocycles. The van der Waals surface area contributed by atoms with E-state index in [9.17, 15) is 4.79 Å². The molecule has 2 atom stereocenters. The second-order valence-electron chi connectivity index (χ2n) is 8.39. The molecule has 1 amide bonds. The smallest absolute Gasteiger partial charge is 0.256 e. The Bertz CT molecular complexity index is 994. The summed E-state index contributed by atoms with van der Waals surface area (Å²) in [6.45, 7) is 3.80. The van der Waals surface area contributed by atoms with E-state index in [-0.39, 0.29) is 5.91 Å². The van der Waals surface area contributed by atoms with Gasteiger partial charge in [0.15, 0.2) is 0 Å². The zero-order valence-corrected chi connectivity index (χ0v) is 16.4. The molecule has 2 aromatic carbocycles. The van der Waals surface area contributed by atoms with Gasteiger partial charge >= 0.3 is 0 Å². The van der Waals surface area contributed by atoms with Crippen molar-refractivity contribution in [2.45, 2.75) is 25.4 Å². The number of fused-ring (bicyclic) bond motifs is 5. The van der Waals surface area contributed by atoms with Crippen molar-refractivity contribution < 1.29 is 4.79 Å². The number of benzene rings is 2. The zero-order chi connectivity index (χ0) is 19.1. The van der Waals surface area contributed by atoms with Crippen LogP contribution in [0, 0.1) is 5.92 Å². The number of aryl methyl sites for hydroxylation is 1. The molecule has 0 unspecified atom stereocenters. The quantitative estimate of drug-likeness (QED) is 0.696. The predicted octanol–water partition coefficient (Wildman–Crippen LogP) is 3.91. The standard InChI is InChI=1S/C24H27N3O/c1-25-17-22(21-9-5-6-10-23(21)25)24(28)27-15-19-11-12-20(16-27)26(14-19)13-18-7-3-2-4-8-18/h2-10,17,19-20H,11-16H2,1H3/t19-,20-/m0/s1. The third-order valence-electron chi connectivity index (χ3n) is 6.47. The average Bonchev–Trinajstić information content (AvgIpc) is 2.86. The van der Waals surface area contributed by atoms with Crippen LogP contribution in [-0.4, -0.2) is 46.0 Å². The number of nitrogens with zero attached hydrogens (tertiary/aromatic N) is 3. The lowest BCUT2D eigenvalue weighted by molar-refractivity contribution is 0.0737. The molecular weight excluding hydrogens is 346 g/mol. The lowest BCUT2D eigenvalue weighted by atomic mass is 9.94. The highest BCUT2D eigenvalue weighted by Crippen LogP contribution is 2.31. The number of carbonyl (C=O) groups excluding carboxylic acids is 1. The number of hydrogen-bond donors (Lipinski definition) is 0. The Morgan fingerprint density at radius 2 is 1.75 bits per heavy atom. The molecule has 144 valence electrons. The highest BCUT2D eigenvalue weighted by atomic mass is 16.2. The van der Waals surface area contributed by atoms with E-state index in [0.29, 0.717) is 12.0 Å². The van der Waals surface area contributed by atoms with Crippen molar-refractivity contribution in [3.05, 3.63) is 71.9 Å². The summed E-state index contributed by atoms with van der Waals surface area (Å²) in [7, 11) is 2.02. The molecule has 2 bridgehead atoms. The normalized spacial score (nSPS) is 22.5. The minimum Gasteiger partial charge on any atom is -0.350 e. The lowest BCUT2D eigenvalue weighted by Gasteiger charge is -2.36. The number of hydrogen-bond acceptors (Lipinski definition) is 2. The van der Waals surface area contributed by atoms with Crippen LogP contribution in [0.4, 0.5) is 0 Å². The van der Waals surface area contributed by atoms with Crippen LogP contribution in [0.25, 0.3) is 10.9 Å². The number of amides is 1. The zero-order valence-electron chi connectivity index (χ0n) is 16.4. The lowest BCUT2D eigenvalue weighted by Crippen LogP contribution is -2.43. The number of piperidine rings is 1. The van der Waals surface area contributed by atoms with Gasteiger partial charge in [-0.3, -0.25) is 9.69 Å².